The molecule has 1 atom stereocenters. The summed E-state index contributed by atoms with van der Waals surface area (Å²) in [5.41, 5.74) is 6.87. The van der Waals surface area contributed by atoms with Gasteiger partial charge in [0.25, 0.3) is 0 Å². The van der Waals surface area contributed by atoms with Crippen molar-refractivity contribution >= 4 is 17.5 Å². The maximum absolute atomic E-state index is 11.6. The quantitative estimate of drug-likeness (QED) is 0.828. The molecule has 0 aromatic carbocycles. The second-order valence-corrected chi connectivity index (χ2v) is 4.49. The van der Waals surface area contributed by atoms with Crippen molar-refractivity contribution in [2.75, 3.05) is 24.3 Å². The van der Waals surface area contributed by atoms with Gasteiger partial charge in [-0.1, -0.05) is 6.92 Å². The summed E-state index contributed by atoms with van der Waals surface area (Å²) in [5, 5.41) is 0. The largest absolute Gasteiger partial charge is 0.465 e. The summed E-state index contributed by atoms with van der Waals surface area (Å²) >= 11 is 0. The summed E-state index contributed by atoms with van der Waals surface area (Å²) in [6.45, 7) is 3.10. The SMILES string of the molecule is CCC1CCCN1c1nccc(C(=O)OC)c1N. The van der Waals surface area contributed by atoms with Gasteiger partial charge in [0.1, 0.15) is 0 Å². The molecule has 2 N–H and O–H groups in total. The Labute approximate surface area is 107 Å². The average molecular weight is 249 g/mol. The van der Waals surface area contributed by atoms with Crippen molar-refractivity contribution in [3.05, 3.63) is 17.8 Å². The standard InChI is InChI=1S/C13H19N3O2/c1-3-9-5-4-8-16(9)12-11(14)10(6-7-15-12)13(17)18-2/h6-7,9H,3-5,8,14H2,1-2H3. The van der Waals surface area contributed by atoms with Gasteiger partial charge in [-0.2, -0.15) is 0 Å². The number of carbonyl (C=O) groups is 1. The van der Waals surface area contributed by atoms with Crippen LogP contribution < -0.4 is 10.6 Å². The van der Waals surface area contributed by atoms with E-state index in [2.05, 4.69) is 16.8 Å². The van der Waals surface area contributed by atoms with E-state index in [4.69, 9.17) is 10.5 Å². The highest BCUT2D eigenvalue weighted by molar-refractivity contribution is 5.97. The molecule has 1 fully saturated rings. The zero-order valence-electron chi connectivity index (χ0n) is 10.8. The van der Waals surface area contributed by atoms with E-state index in [1.54, 1.807) is 12.3 Å². The number of hydrogen-bond acceptors (Lipinski definition) is 5. The fourth-order valence-corrected chi connectivity index (χ4v) is 2.52. The third-order valence-electron chi connectivity index (χ3n) is 3.49. The third kappa shape index (κ3) is 2.12. The Morgan fingerprint density at radius 2 is 2.44 bits per heavy atom. The first kappa shape index (κ1) is 12.7. The number of ether oxygens (including phenoxy) is 1. The van der Waals surface area contributed by atoms with Crippen LogP contribution in [0, 0.1) is 0 Å². The number of nitrogens with zero attached hydrogens (tertiary/aromatic N) is 2. The first-order valence-corrected chi connectivity index (χ1v) is 6.28. The van der Waals surface area contributed by atoms with Gasteiger partial charge in [0, 0.05) is 18.8 Å². The molecule has 1 aromatic rings. The van der Waals surface area contributed by atoms with E-state index < -0.39 is 5.97 Å². The molecule has 0 saturated carbocycles. The molecule has 98 valence electrons. The number of hydrogen-bond donors (Lipinski definition) is 1. The van der Waals surface area contributed by atoms with Crippen LogP contribution in [-0.4, -0.2) is 30.6 Å². The summed E-state index contributed by atoms with van der Waals surface area (Å²) in [5.74, 6) is 0.297. The smallest absolute Gasteiger partial charge is 0.340 e. The monoisotopic (exact) mass is 249 g/mol. The van der Waals surface area contributed by atoms with Gasteiger partial charge in [-0.25, -0.2) is 9.78 Å². The molecule has 0 amide bonds. The van der Waals surface area contributed by atoms with Crippen LogP contribution in [0.5, 0.6) is 0 Å². The Balaban J connectivity index is 2.36. The normalized spacial score (nSPS) is 19.0. The maximum atomic E-state index is 11.6. The fourth-order valence-electron chi connectivity index (χ4n) is 2.52. The summed E-state index contributed by atoms with van der Waals surface area (Å²) in [6.07, 6.45) is 4.97. The number of esters is 1. The van der Waals surface area contributed by atoms with Gasteiger partial charge >= 0.3 is 5.97 Å². The van der Waals surface area contributed by atoms with Gasteiger partial charge in [-0.3, -0.25) is 0 Å². The molecule has 1 saturated heterocycles. The Bertz CT molecular complexity index is 448. The Morgan fingerprint density at radius 3 is 3.11 bits per heavy atom. The minimum Gasteiger partial charge on any atom is -0.465 e. The van der Waals surface area contributed by atoms with Crippen molar-refractivity contribution < 1.29 is 9.53 Å². The highest BCUT2D eigenvalue weighted by atomic mass is 16.5. The molecule has 0 spiro atoms. The van der Waals surface area contributed by atoms with Crippen molar-refractivity contribution in [2.45, 2.75) is 32.2 Å². The minimum absolute atomic E-state index is 0.393. The molecule has 18 heavy (non-hydrogen) atoms. The molecule has 2 rings (SSSR count). The summed E-state index contributed by atoms with van der Waals surface area (Å²) in [4.78, 5) is 18.1. The van der Waals surface area contributed by atoms with Crippen LogP contribution in [0.2, 0.25) is 0 Å². The molecule has 1 aromatic heterocycles. The molecule has 1 aliphatic rings. The lowest BCUT2D eigenvalue weighted by atomic mass is 10.1. The Hall–Kier alpha value is -1.78. The lowest BCUT2D eigenvalue weighted by Gasteiger charge is -2.26. The number of carbonyl (C=O) groups excluding carboxylic acids is 1. The van der Waals surface area contributed by atoms with Gasteiger partial charge in [0.2, 0.25) is 0 Å². The van der Waals surface area contributed by atoms with Gasteiger partial charge in [0.05, 0.1) is 18.4 Å². The zero-order chi connectivity index (χ0) is 13.1. The van der Waals surface area contributed by atoms with Gasteiger partial charge < -0.3 is 15.4 Å². The third-order valence-corrected chi connectivity index (χ3v) is 3.49. The first-order chi connectivity index (χ1) is 8.69. The van der Waals surface area contributed by atoms with Gasteiger partial charge in [0.15, 0.2) is 5.82 Å². The lowest BCUT2D eigenvalue weighted by Crippen LogP contribution is -2.30. The predicted molar refractivity (Wildman–Crippen MR) is 70.6 cm³/mol. The Kier molecular flexibility index (Phi) is 3.69. The Morgan fingerprint density at radius 1 is 1.67 bits per heavy atom. The molecule has 0 radical (unpaired) electrons. The van der Waals surface area contributed by atoms with Gasteiger partial charge in [-0.15, -0.1) is 0 Å². The molecular formula is C13H19N3O2. The number of nitrogen functional groups attached to an aromatic ring is 1. The number of methoxy groups -OCH3 is 1. The van der Waals surface area contributed by atoms with Crippen LogP contribution in [-0.2, 0) is 4.74 Å². The van der Waals surface area contributed by atoms with E-state index in [1.807, 2.05) is 0 Å². The number of anilines is 2. The average Bonchev–Trinajstić information content (AvgIpc) is 2.86. The topological polar surface area (TPSA) is 68.5 Å². The molecule has 1 unspecified atom stereocenters. The van der Waals surface area contributed by atoms with Crippen LogP contribution in [0.4, 0.5) is 11.5 Å². The molecule has 2 heterocycles. The van der Waals surface area contributed by atoms with E-state index in [-0.39, 0.29) is 0 Å². The van der Waals surface area contributed by atoms with Gasteiger partial charge in [-0.05, 0) is 25.3 Å². The van der Waals surface area contributed by atoms with E-state index in [9.17, 15) is 4.79 Å². The number of aromatic nitrogens is 1. The molecule has 5 nitrogen and oxygen atoms in total. The van der Waals surface area contributed by atoms with Crippen LogP contribution in [0.1, 0.15) is 36.5 Å². The minimum atomic E-state index is -0.414. The van der Waals surface area contributed by atoms with Crippen molar-refractivity contribution in [3.63, 3.8) is 0 Å². The van der Waals surface area contributed by atoms with E-state index >= 15 is 0 Å². The number of nitrogens with two attached hydrogens (primary N) is 1. The molecular weight excluding hydrogens is 230 g/mol. The van der Waals surface area contributed by atoms with E-state index in [0.717, 1.165) is 25.8 Å². The summed E-state index contributed by atoms with van der Waals surface area (Å²) in [7, 11) is 1.35. The van der Waals surface area contributed by atoms with Crippen molar-refractivity contribution in [1.82, 2.24) is 4.98 Å². The second kappa shape index (κ2) is 5.25. The van der Waals surface area contributed by atoms with Crippen LogP contribution in [0.3, 0.4) is 0 Å². The van der Waals surface area contributed by atoms with Crippen LogP contribution in [0.25, 0.3) is 0 Å². The van der Waals surface area contributed by atoms with E-state index in [1.165, 1.54) is 7.11 Å². The second-order valence-electron chi connectivity index (χ2n) is 4.49. The molecule has 5 heteroatoms. The van der Waals surface area contributed by atoms with Crippen LogP contribution >= 0.6 is 0 Å². The fraction of sp³-hybridized carbons (Fsp3) is 0.538. The van der Waals surface area contributed by atoms with Crippen molar-refractivity contribution in [3.8, 4) is 0 Å². The van der Waals surface area contributed by atoms with Crippen LogP contribution in [0.15, 0.2) is 12.3 Å². The lowest BCUT2D eigenvalue weighted by molar-refractivity contribution is 0.0602. The highest BCUT2D eigenvalue weighted by Crippen LogP contribution is 2.31. The summed E-state index contributed by atoms with van der Waals surface area (Å²) in [6, 6.07) is 2.06. The maximum Gasteiger partial charge on any atom is 0.340 e. The molecule has 1 aliphatic heterocycles. The van der Waals surface area contributed by atoms with Crippen molar-refractivity contribution in [2.24, 2.45) is 0 Å². The zero-order valence-corrected chi connectivity index (χ0v) is 10.8. The predicted octanol–water partition coefficient (Wildman–Crippen LogP) is 1.83. The number of rotatable bonds is 3. The van der Waals surface area contributed by atoms with Crippen molar-refractivity contribution in [1.29, 1.82) is 0 Å². The highest BCUT2D eigenvalue weighted by Gasteiger charge is 2.27. The van der Waals surface area contributed by atoms with E-state index in [0.29, 0.717) is 23.1 Å². The number of pyridine rings is 1. The molecule has 0 bridgehead atoms. The molecule has 0 aliphatic carbocycles. The summed E-state index contributed by atoms with van der Waals surface area (Å²) < 4.78 is 4.72. The first-order valence-electron chi connectivity index (χ1n) is 6.28.